The highest BCUT2D eigenvalue weighted by molar-refractivity contribution is 7.94. The van der Waals surface area contributed by atoms with Crippen molar-refractivity contribution >= 4 is 21.8 Å². The van der Waals surface area contributed by atoms with Crippen LogP contribution in [0.25, 0.3) is 0 Å². The zero-order valence-electron chi connectivity index (χ0n) is 10.9. The molecule has 20 heavy (non-hydrogen) atoms. The fraction of sp³-hybridized carbons (Fsp3) is 0.636. The van der Waals surface area contributed by atoms with Crippen molar-refractivity contribution in [1.82, 2.24) is 10.2 Å². The van der Waals surface area contributed by atoms with Crippen molar-refractivity contribution in [2.75, 3.05) is 19.4 Å². The molecule has 0 radical (unpaired) electrons. The molecule has 9 heteroatoms. The summed E-state index contributed by atoms with van der Waals surface area (Å²) < 4.78 is 27.6. The number of sulfone groups is 1. The predicted octanol–water partition coefficient (Wildman–Crippen LogP) is -0.819. The molecule has 0 spiro atoms. The summed E-state index contributed by atoms with van der Waals surface area (Å²) in [6, 6.07) is -2.17. The highest BCUT2D eigenvalue weighted by Gasteiger charge is 2.40. The number of amides is 2. The van der Waals surface area contributed by atoms with Crippen molar-refractivity contribution < 1.29 is 27.9 Å². The van der Waals surface area contributed by atoms with E-state index in [1.54, 1.807) is 0 Å². The maximum atomic E-state index is 12.1. The molecule has 2 rings (SSSR count). The molecule has 2 aliphatic heterocycles. The van der Waals surface area contributed by atoms with Gasteiger partial charge in [-0.1, -0.05) is 0 Å². The first kappa shape index (κ1) is 14.8. The summed E-state index contributed by atoms with van der Waals surface area (Å²) in [7, 11) is -1.81. The fourth-order valence-electron chi connectivity index (χ4n) is 2.33. The van der Waals surface area contributed by atoms with E-state index in [1.807, 2.05) is 0 Å². The number of nitrogens with zero attached hydrogens (tertiary/aromatic N) is 1. The SMILES string of the molecule is COC1CC(C(=O)O)N(C(=O)NC2C=CS(=O)(=O)C2)C1. The van der Waals surface area contributed by atoms with Crippen molar-refractivity contribution in [2.45, 2.75) is 24.6 Å². The van der Waals surface area contributed by atoms with Gasteiger partial charge in [-0.3, -0.25) is 0 Å². The second kappa shape index (κ2) is 5.41. The number of hydrogen-bond donors (Lipinski definition) is 2. The summed E-state index contributed by atoms with van der Waals surface area (Å²) in [5.41, 5.74) is 0. The van der Waals surface area contributed by atoms with Crippen molar-refractivity contribution in [3.05, 3.63) is 11.5 Å². The average molecular weight is 304 g/mol. The van der Waals surface area contributed by atoms with Crippen LogP contribution in [-0.2, 0) is 19.4 Å². The molecule has 1 fully saturated rings. The van der Waals surface area contributed by atoms with Crippen molar-refractivity contribution in [2.24, 2.45) is 0 Å². The van der Waals surface area contributed by atoms with Crippen LogP contribution in [0.3, 0.4) is 0 Å². The monoisotopic (exact) mass is 304 g/mol. The Morgan fingerprint density at radius 3 is 2.65 bits per heavy atom. The summed E-state index contributed by atoms with van der Waals surface area (Å²) in [5, 5.41) is 12.7. The van der Waals surface area contributed by atoms with Crippen LogP contribution >= 0.6 is 0 Å². The van der Waals surface area contributed by atoms with E-state index in [1.165, 1.54) is 13.2 Å². The molecular weight excluding hydrogens is 288 g/mol. The molecule has 0 aromatic carbocycles. The molecule has 0 bridgehead atoms. The normalized spacial score (nSPS) is 31.4. The third kappa shape index (κ3) is 3.10. The average Bonchev–Trinajstić information content (AvgIpc) is 2.92. The van der Waals surface area contributed by atoms with Gasteiger partial charge in [0.15, 0.2) is 9.84 Å². The molecule has 2 N–H and O–H groups in total. The molecule has 3 atom stereocenters. The van der Waals surface area contributed by atoms with Crippen LogP contribution in [0.15, 0.2) is 11.5 Å². The van der Waals surface area contributed by atoms with Crippen LogP contribution in [0, 0.1) is 0 Å². The number of aliphatic carboxylic acids is 1. The Hall–Kier alpha value is -1.61. The van der Waals surface area contributed by atoms with E-state index < -0.39 is 33.9 Å². The highest BCUT2D eigenvalue weighted by Crippen LogP contribution is 2.20. The van der Waals surface area contributed by atoms with Gasteiger partial charge < -0.3 is 20.1 Å². The second-order valence-electron chi connectivity index (χ2n) is 4.81. The quantitative estimate of drug-likeness (QED) is 0.704. The summed E-state index contributed by atoms with van der Waals surface area (Å²) in [6.07, 6.45) is 1.27. The summed E-state index contributed by atoms with van der Waals surface area (Å²) in [5.74, 6) is -1.30. The molecule has 8 nitrogen and oxygen atoms in total. The minimum absolute atomic E-state index is 0.169. The Morgan fingerprint density at radius 2 is 2.15 bits per heavy atom. The van der Waals surface area contributed by atoms with Gasteiger partial charge >= 0.3 is 12.0 Å². The molecule has 2 aliphatic rings. The molecule has 2 amide bonds. The summed E-state index contributed by atoms with van der Waals surface area (Å²) >= 11 is 0. The van der Waals surface area contributed by atoms with E-state index >= 15 is 0 Å². The third-order valence-electron chi connectivity index (χ3n) is 3.38. The van der Waals surface area contributed by atoms with E-state index in [0.717, 1.165) is 10.3 Å². The van der Waals surface area contributed by atoms with Gasteiger partial charge in [0.1, 0.15) is 6.04 Å². The lowest BCUT2D eigenvalue weighted by Crippen LogP contribution is -2.49. The number of rotatable bonds is 3. The lowest BCUT2D eigenvalue weighted by molar-refractivity contribution is -0.141. The first-order valence-electron chi connectivity index (χ1n) is 6.06. The summed E-state index contributed by atoms with van der Waals surface area (Å²) in [6.45, 7) is 0.169. The van der Waals surface area contributed by atoms with Crippen LogP contribution in [0.1, 0.15) is 6.42 Å². The number of carboxylic acids is 1. The zero-order chi connectivity index (χ0) is 14.9. The van der Waals surface area contributed by atoms with Crippen molar-refractivity contribution in [3.8, 4) is 0 Å². The van der Waals surface area contributed by atoms with Crippen LogP contribution in [-0.4, -0.2) is 68.0 Å². The zero-order valence-corrected chi connectivity index (χ0v) is 11.7. The minimum atomic E-state index is -3.26. The summed E-state index contributed by atoms with van der Waals surface area (Å²) in [4.78, 5) is 24.3. The third-order valence-corrected chi connectivity index (χ3v) is 4.78. The predicted molar refractivity (Wildman–Crippen MR) is 68.8 cm³/mol. The fourth-order valence-corrected chi connectivity index (χ4v) is 3.57. The molecule has 0 aliphatic carbocycles. The van der Waals surface area contributed by atoms with Gasteiger partial charge in [0.25, 0.3) is 0 Å². The number of hydrogen-bond acceptors (Lipinski definition) is 5. The van der Waals surface area contributed by atoms with E-state index in [0.29, 0.717) is 0 Å². The second-order valence-corrected chi connectivity index (χ2v) is 6.75. The van der Waals surface area contributed by atoms with Gasteiger partial charge in [0, 0.05) is 25.5 Å². The van der Waals surface area contributed by atoms with Gasteiger partial charge in [-0.2, -0.15) is 0 Å². The largest absolute Gasteiger partial charge is 0.480 e. The van der Waals surface area contributed by atoms with Gasteiger partial charge in [0.2, 0.25) is 0 Å². The molecule has 0 aromatic rings. The number of carboxylic acid groups (broad SMARTS) is 1. The van der Waals surface area contributed by atoms with Crippen LogP contribution in [0.4, 0.5) is 4.79 Å². The highest BCUT2D eigenvalue weighted by atomic mass is 32.2. The standard InChI is InChI=1S/C11H16N2O6S/c1-19-8-4-9(10(14)15)13(5-8)11(16)12-7-2-3-20(17,18)6-7/h2-3,7-9H,4-6H2,1H3,(H,12,16)(H,14,15). The van der Waals surface area contributed by atoms with Gasteiger partial charge in [-0.15, -0.1) is 0 Å². The molecule has 0 aromatic heterocycles. The Bertz CT molecular complexity index is 543. The van der Waals surface area contributed by atoms with Crippen LogP contribution in [0.5, 0.6) is 0 Å². The Morgan fingerprint density at radius 1 is 1.45 bits per heavy atom. The molecular formula is C11H16N2O6S. The topological polar surface area (TPSA) is 113 Å². The van der Waals surface area contributed by atoms with Gasteiger partial charge in [-0.05, 0) is 6.08 Å². The first-order valence-corrected chi connectivity index (χ1v) is 7.77. The van der Waals surface area contributed by atoms with Gasteiger partial charge in [0.05, 0.1) is 17.9 Å². The van der Waals surface area contributed by atoms with Crippen molar-refractivity contribution in [3.63, 3.8) is 0 Å². The maximum absolute atomic E-state index is 12.1. The first-order chi connectivity index (χ1) is 9.32. The van der Waals surface area contributed by atoms with Gasteiger partial charge in [-0.25, -0.2) is 18.0 Å². The minimum Gasteiger partial charge on any atom is -0.480 e. The van der Waals surface area contributed by atoms with E-state index in [2.05, 4.69) is 5.32 Å². The lowest BCUT2D eigenvalue weighted by Gasteiger charge is -2.23. The molecule has 0 saturated carbocycles. The maximum Gasteiger partial charge on any atom is 0.326 e. The molecule has 2 heterocycles. The van der Waals surface area contributed by atoms with E-state index in [-0.39, 0.29) is 24.8 Å². The number of ether oxygens (including phenoxy) is 1. The number of likely N-dealkylation sites (tertiary alicyclic amines) is 1. The Balaban J connectivity index is 2.01. The molecule has 3 unspecified atom stereocenters. The Kier molecular flexibility index (Phi) is 4.00. The van der Waals surface area contributed by atoms with Crippen LogP contribution < -0.4 is 5.32 Å². The smallest absolute Gasteiger partial charge is 0.326 e. The number of urea groups is 1. The molecule has 1 saturated heterocycles. The molecule has 112 valence electrons. The number of nitrogens with one attached hydrogen (secondary N) is 1. The lowest BCUT2D eigenvalue weighted by atomic mass is 10.2. The van der Waals surface area contributed by atoms with E-state index in [4.69, 9.17) is 9.84 Å². The van der Waals surface area contributed by atoms with Crippen molar-refractivity contribution in [1.29, 1.82) is 0 Å². The Labute approximate surface area is 116 Å². The number of methoxy groups -OCH3 is 1. The van der Waals surface area contributed by atoms with E-state index in [9.17, 15) is 18.0 Å². The number of carbonyl (C=O) groups is 2. The van der Waals surface area contributed by atoms with Crippen LogP contribution in [0.2, 0.25) is 0 Å². The number of carbonyl (C=O) groups excluding carboxylic acids is 1.